The third kappa shape index (κ3) is 3.48. The molecule has 19 heavy (non-hydrogen) atoms. The number of nitrogens with zero attached hydrogens (tertiary/aromatic N) is 1. The van der Waals surface area contributed by atoms with Crippen molar-refractivity contribution in [3.8, 4) is 0 Å². The van der Waals surface area contributed by atoms with Crippen molar-refractivity contribution in [2.24, 2.45) is 11.7 Å². The predicted molar refractivity (Wildman–Crippen MR) is 78.5 cm³/mol. The average molecular weight is 281 g/mol. The Labute approximate surface area is 119 Å². The standard InChI is InChI=1S/C15H21ClN2O/c1-11-2-3-13(10-14(11)16)15(19)18-8-5-12(4-7-17)6-9-18/h2-3,10,12H,4-9,17H2,1H3. The van der Waals surface area contributed by atoms with Crippen LogP contribution in [0.4, 0.5) is 0 Å². The van der Waals surface area contributed by atoms with Gasteiger partial charge in [-0.15, -0.1) is 0 Å². The molecule has 0 bridgehead atoms. The molecule has 1 amide bonds. The van der Waals surface area contributed by atoms with E-state index < -0.39 is 0 Å². The highest BCUT2D eigenvalue weighted by Gasteiger charge is 2.23. The first kappa shape index (κ1) is 14.4. The van der Waals surface area contributed by atoms with Gasteiger partial charge in [-0.25, -0.2) is 0 Å². The van der Waals surface area contributed by atoms with E-state index in [1.165, 1.54) is 0 Å². The van der Waals surface area contributed by atoms with Gasteiger partial charge in [0.1, 0.15) is 0 Å². The van der Waals surface area contributed by atoms with E-state index in [9.17, 15) is 4.79 Å². The fraction of sp³-hybridized carbons (Fsp3) is 0.533. The maximum absolute atomic E-state index is 12.4. The maximum Gasteiger partial charge on any atom is 0.253 e. The Morgan fingerprint density at radius 2 is 2.11 bits per heavy atom. The Hall–Kier alpha value is -1.06. The number of carbonyl (C=O) groups is 1. The van der Waals surface area contributed by atoms with E-state index in [2.05, 4.69) is 0 Å². The second kappa shape index (κ2) is 6.40. The summed E-state index contributed by atoms with van der Waals surface area (Å²) in [6.45, 7) is 4.34. The van der Waals surface area contributed by atoms with Crippen LogP contribution in [0.3, 0.4) is 0 Å². The molecule has 104 valence electrons. The second-order valence-electron chi connectivity index (χ2n) is 5.28. The number of carbonyl (C=O) groups excluding carboxylic acids is 1. The van der Waals surface area contributed by atoms with Gasteiger partial charge in [0.25, 0.3) is 5.91 Å². The number of benzene rings is 1. The fourth-order valence-corrected chi connectivity index (χ4v) is 2.75. The largest absolute Gasteiger partial charge is 0.339 e. The number of likely N-dealkylation sites (tertiary alicyclic amines) is 1. The highest BCUT2D eigenvalue weighted by molar-refractivity contribution is 6.31. The van der Waals surface area contributed by atoms with Gasteiger partial charge in [-0.2, -0.15) is 0 Å². The third-order valence-electron chi connectivity index (χ3n) is 3.90. The van der Waals surface area contributed by atoms with Crippen LogP contribution in [0.2, 0.25) is 5.02 Å². The lowest BCUT2D eigenvalue weighted by molar-refractivity contribution is 0.0688. The molecule has 1 aliphatic rings. The number of amides is 1. The normalized spacial score (nSPS) is 16.7. The van der Waals surface area contributed by atoms with Crippen LogP contribution in [-0.2, 0) is 0 Å². The Morgan fingerprint density at radius 1 is 1.42 bits per heavy atom. The van der Waals surface area contributed by atoms with Crippen molar-refractivity contribution in [3.05, 3.63) is 34.3 Å². The minimum Gasteiger partial charge on any atom is -0.339 e. The number of rotatable bonds is 3. The van der Waals surface area contributed by atoms with Crippen molar-refractivity contribution in [1.82, 2.24) is 4.90 Å². The minimum absolute atomic E-state index is 0.0908. The summed E-state index contributed by atoms with van der Waals surface area (Å²) >= 11 is 6.08. The molecule has 0 spiro atoms. The molecule has 1 fully saturated rings. The zero-order chi connectivity index (χ0) is 13.8. The van der Waals surface area contributed by atoms with Gasteiger partial charge in [-0.05, 0) is 56.3 Å². The van der Waals surface area contributed by atoms with E-state index in [4.69, 9.17) is 17.3 Å². The molecule has 1 heterocycles. The summed E-state index contributed by atoms with van der Waals surface area (Å²) in [7, 11) is 0. The van der Waals surface area contributed by atoms with E-state index in [1.54, 1.807) is 6.07 Å². The summed E-state index contributed by atoms with van der Waals surface area (Å²) < 4.78 is 0. The summed E-state index contributed by atoms with van der Waals surface area (Å²) in [6.07, 6.45) is 3.18. The molecule has 1 aromatic carbocycles. The molecular formula is C15H21ClN2O. The van der Waals surface area contributed by atoms with Gasteiger partial charge in [0.15, 0.2) is 0 Å². The molecule has 0 saturated carbocycles. The first-order chi connectivity index (χ1) is 9.11. The molecule has 2 rings (SSSR count). The molecule has 0 unspecified atom stereocenters. The molecule has 1 aliphatic heterocycles. The number of piperidine rings is 1. The molecule has 0 atom stereocenters. The monoisotopic (exact) mass is 280 g/mol. The van der Waals surface area contributed by atoms with Gasteiger partial charge >= 0.3 is 0 Å². The summed E-state index contributed by atoms with van der Waals surface area (Å²) in [5.41, 5.74) is 7.27. The summed E-state index contributed by atoms with van der Waals surface area (Å²) in [5.74, 6) is 0.767. The zero-order valence-corrected chi connectivity index (χ0v) is 12.1. The Bertz CT molecular complexity index is 453. The SMILES string of the molecule is Cc1ccc(C(=O)N2CCC(CCN)CC2)cc1Cl. The van der Waals surface area contributed by atoms with Crippen LogP contribution in [0.5, 0.6) is 0 Å². The van der Waals surface area contributed by atoms with Crippen molar-refractivity contribution in [3.63, 3.8) is 0 Å². The minimum atomic E-state index is 0.0908. The highest BCUT2D eigenvalue weighted by Crippen LogP contribution is 2.23. The van der Waals surface area contributed by atoms with Gasteiger partial charge in [-0.3, -0.25) is 4.79 Å². The molecule has 1 aromatic rings. The van der Waals surface area contributed by atoms with Gasteiger partial charge in [0.2, 0.25) is 0 Å². The van der Waals surface area contributed by atoms with E-state index in [0.29, 0.717) is 16.5 Å². The number of aryl methyl sites for hydroxylation is 1. The van der Waals surface area contributed by atoms with Gasteiger partial charge < -0.3 is 10.6 Å². The molecule has 2 N–H and O–H groups in total. The van der Waals surface area contributed by atoms with Crippen LogP contribution in [0.15, 0.2) is 18.2 Å². The van der Waals surface area contributed by atoms with Crippen molar-refractivity contribution >= 4 is 17.5 Å². The lowest BCUT2D eigenvalue weighted by Crippen LogP contribution is -2.38. The first-order valence-corrected chi connectivity index (χ1v) is 7.25. The average Bonchev–Trinajstić information content (AvgIpc) is 2.42. The predicted octanol–water partition coefficient (Wildman–Crippen LogP) is 2.85. The van der Waals surface area contributed by atoms with E-state index in [-0.39, 0.29) is 5.91 Å². The second-order valence-corrected chi connectivity index (χ2v) is 5.68. The number of hydrogen-bond donors (Lipinski definition) is 1. The van der Waals surface area contributed by atoms with E-state index >= 15 is 0 Å². The molecule has 0 aromatic heterocycles. The molecule has 0 radical (unpaired) electrons. The van der Waals surface area contributed by atoms with Crippen LogP contribution in [0.1, 0.15) is 35.2 Å². The zero-order valence-electron chi connectivity index (χ0n) is 11.4. The molecular weight excluding hydrogens is 260 g/mol. The molecule has 4 heteroatoms. The van der Waals surface area contributed by atoms with Gasteiger partial charge in [0, 0.05) is 23.7 Å². The highest BCUT2D eigenvalue weighted by atomic mass is 35.5. The third-order valence-corrected chi connectivity index (χ3v) is 4.30. The quantitative estimate of drug-likeness (QED) is 0.925. The van der Waals surface area contributed by atoms with Crippen LogP contribution in [0.25, 0.3) is 0 Å². The summed E-state index contributed by atoms with van der Waals surface area (Å²) in [6, 6.07) is 5.53. The van der Waals surface area contributed by atoms with Crippen LogP contribution in [-0.4, -0.2) is 30.4 Å². The number of nitrogens with two attached hydrogens (primary N) is 1. The lowest BCUT2D eigenvalue weighted by Gasteiger charge is -2.32. The van der Waals surface area contributed by atoms with E-state index in [0.717, 1.165) is 44.5 Å². The lowest BCUT2D eigenvalue weighted by atomic mass is 9.93. The molecule has 1 saturated heterocycles. The topological polar surface area (TPSA) is 46.3 Å². The molecule has 0 aliphatic carbocycles. The number of halogens is 1. The number of hydrogen-bond acceptors (Lipinski definition) is 2. The van der Waals surface area contributed by atoms with Crippen molar-refractivity contribution < 1.29 is 4.79 Å². The Kier molecular flexibility index (Phi) is 4.83. The van der Waals surface area contributed by atoms with Crippen LogP contribution < -0.4 is 5.73 Å². The Morgan fingerprint density at radius 3 is 2.68 bits per heavy atom. The van der Waals surface area contributed by atoms with Crippen molar-refractivity contribution in [2.75, 3.05) is 19.6 Å². The summed E-state index contributed by atoms with van der Waals surface area (Å²) in [5, 5.41) is 0.656. The summed E-state index contributed by atoms with van der Waals surface area (Å²) in [4.78, 5) is 14.3. The first-order valence-electron chi connectivity index (χ1n) is 6.87. The van der Waals surface area contributed by atoms with Crippen molar-refractivity contribution in [2.45, 2.75) is 26.2 Å². The smallest absolute Gasteiger partial charge is 0.253 e. The molecule has 3 nitrogen and oxygen atoms in total. The Balaban J connectivity index is 1.99. The van der Waals surface area contributed by atoms with Gasteiger partial charge in [0.05, 0.1) is 0 Å². The van der Waals surface area contributed by atoms with Crippen LogP contribution >= 0.6 is 11.6 Å². The fourth-order valence-electron chi connectivity index (χ4n) is 2.57. The van der Waals surface area contributed by atoms with Crippen molar-refractivity contribution in [1.29, 1.82) is 0 Å². The van der Waals surface area contributed by atoms with Gasteiger partial charge in [-0.1, -0.05) is 17.7 Å². The van der Waals surface area contributed by atoms with E-state index in [1.807, 2.05) is 24.0 Å². The maximum atomic E-state index is 12.4. The van der Waals surface area contributed by atoms with Crippen LogP contribution in [0, 0.1) is 12.8 Å².